The largest absolute Gasteiger partial charge is 0.320 e. The van der Waals surface area contributed by atoms with Crippen LogP contribution in [-0.2, 0) is 10.0 Å². The highest BCUT2D eigenvalue weighted by atomic mass is 35.5. The molecule has 21 heavy (non-hydrogen) atoms. The Balaban J connectivity index is 1.89. The maximum atomic E-state index is 11.3. The van der Waals surface area contributed by atoms with E-state index >= 15 is 0 Å². The lowest BCUT2D eigenvalue weighted by molar-refractivity contribution is -0.659. The third-order valence-electron chi connectivity index (χ3n) is 2.74. The first-order chi connectivity index (χ1) is 9.87. The molecule has 2 aliphatic heterocycles. The van der Waals surface area contributed by atoms with Crippen LogP contribution >= 0.6 is 11.8 Å². The SMILES string of the molecule is NS(=O)(=O)c1cccc(NC2=N[N+]3(Cl)C=CN=CC3=N2)c1. The highest BCUT2D eigenvalue weighted by Crippen LogP contribution is 2.25. The first-order valence-corrected chi connectivity index (χ1v) is 7.64. The molecule has 0 aliphatic carbocycles. The third-order valence-corrected chi connectivity index (χ3v) is 4.01. The van der Waals surface area contributed by atoms with Gasteiger partial charge in [-0.2, -0.15) is 0 Å². The quantitative estimate of drug-likeness (QED) is 0.790. The van der Waals surface area contributed by atoms with Crippen molar-refractivity contribution in [3.05, 3.63) is 36.7 Å². The maximum Gasteiger partial charge on any atom is 0.300 e. The van der Waals surface area contributed by atoms with Gasteiger partial charge >= 0.3 is 0 Å². The Kier molecular flexibility index (Phi) is 3.14. The molecule has 0 radical (unpaired) electrons. The number of halogens is 1. The molecule has 0 spiro atoms. The topological polar surface area (TPSA) is 109 Å². The molecular formula is C11H10ClN6O2S+. The van der Waals surface area contributed by atoms with Crippen molar-refractivity contribution in [2.45, 2.75) is 4.90 Å². The lowest BCUT2D eigenvalue weighted by atomic mass is 10.3. The van der Waals surface area contributed by atoms with E-state index in [1.165, 1.54) is 24.5 Å². The zero-order valence-corrected chi connectivity index (χ0v) is 12.1. The van der Waals surface area contributed by atoms with Crippen molar-refractivity contribution >= 4 is 45.5 Å². The van der Waals surface area contributed by atoms with E-state index in [0.29, 0.717) is 11.5 Å². The molecular weight excluding hydrogens is 316 g/mol. The van der Waals surface area contributed by atoms with Crippen LogP contribution in [0, 0.1) is 0 Å². The molecule has 0 saturated heterocycles. The van der Waals surface area contributed by atoms with Gasteiger partial charge < -0.3 is 5.32 Å². The Labute approximate surface area is 125 Å². The molecule has 0 aromatic heterocycles. The molecule has 0 amide bonds. The van der Waals surface area contributed by atoms with Gasteiger partial charge in [0.25, 0.3) is 11.8 Å². The lowest BCUT2D eigenvalue weighted by Gasteiger charge is -2.12. The maximum absolute atomic E-state index is 11.3. The van der Waals surface area contributed by atoms with Gasteiger partial charge in [0.2, 0.25) is 21.8 Å². The summed E-state index contributed by atoms with van der Waals surface area (Å²) in [6.07, 6.45) is 4.56. The van der Waals surface area contributed by atoms with E-state index in [2.05, 4.69) is 20.4 Å². The van der Waals surface area contributed by atoms with Crippen molar-refractivity contribution in [1.82, 2.24) is 0 Å². The van der Waals surface area contributed by atoms with Gasteiger partial charge in [0.1, 0.15) is 6.21 Å². The summed E-state index contributed by atoms with van der Waals surface area (Å²) in [6.45, 7) is 0. The second-order valence-electron chi connectivity index (χ2n) is 4.27. The van der Waals surface area contributed by atoms with Crippen LogP contribution in [0.4, 0.5) is 5.69 Å². The van der Waals surface area contributed by atoms with Crippen molar-refractivity contribution in [3.8, 4) is 0 Å². The van der Waals surface area contributed by atoms with Gasteiger partial charge in [-0.3, -0.25) is 4.99 Å². The number of quaternary nitrogens is 1. The summed E-state index contributed by atoms with van der Waals surface area (Å²) >= 11 is 6.22. The van der Waals surface area contributed by atoms with Gasteiger partial charge in [0.15, 0.2) is 6.20 Å². The third kappa shape index (κ3) is 2.72. The summed E-state index contributed by atoms with van der Waals surface area (Å²) in [6, 6.07) is 6.01. The van der Waals surface area contributed by atoms with Gasteiger partial charge in [0, 0.05) is 5.69 Å². The summed E-state index contributed by atoms with van der Waals surface area (Å²) in [5, 5.41) is 12.1. The molecule has 3 rings (SSSR count). The Morgan fingerprint density at radius 1 is 1.33 bits per heavy atom. The van der Waals surface area contributed by atoms with Crippen molar-refractivity contribution in [3.63, 3.8) is 0 Å². The molecule has 0 fully saturated rings. The highest BCUT2D eigenvalue weighted by molar-refractivity contribution is 7.89. The summed E-state index contributed by atoms with van der Waals surface area (Å²) in [5.74, 6) is 0.675. The first kappa shape index (κ1) is 13.9. The minimum Gasteiger partial charge on any atom is -0.320 e. The smallest absolute Gasteiger partial charge is 0.300 e. The number of fused-ring (bicyclic) bond motifs is 1. The molecule has 0 bridgehead atoms. The molecule has 2 heterocycles. The number of nitrogens with zero attached hydrogens (tertiary/aromatic N) is 4. The normalized spacial score (nSPS) is 23.5. The van der Waals surface area contributed by atoms with Crippen LogP contribution < -0.4 is 10.5 Å². The molecule has 10 heteroatoms. The average Bonchev–Trinajstić information content (AvgIpc) is 2.73. The van der Waals surface area contributed by atoms with Crippen LogP contribution in [0.5, 0.6) is 0 Å². The summed E-state index contributed by atoms with van der Waals surface area (Å²) < 4.78 is 22.3. The number of guanidine groups is 1. The molecule has 108 valence electrons. The van der Waals surface area contributed by atoms with Gasteiger partial charge in [-0.1, -0.05) is 6.07 Å². The van der Waals surface area contributed by atoms with E-state index in [0.717, 1.165) is 0 Å². The first-order valence-electron chi connectivity index (χ1n) is 5.75. The summed E-state index contributed by atoms with van der Waals surface area (Å²) in [7, 11) is -3.77. The van der Waals surface area contributed by atoms with E-state index in [1.807, 2.05) is 0 Å². The number of rotatable bonds is 2. The van der Waals surface area contributed by atoms with Crippen molar-refractivity contribution < 1.29 is 12.5 Å². The summed E-state index contributed by atoms with van der Waals surface area (Å²) in [4.78, 5) is 8.10. The standard InChI is InChI=1S/C11H10ClN6O2S/c12-18-5-4-14-7-10(18)16-11(17-18)15-8-2-1-3-9(6-8)21(13,19)20/h1-7H,(H,15,17)(H2,13,19,20)/q+1. The predicted molar refractivity (Wildman–Crippen MR) is 80.1 cm³/mol. The van der Waals surface area contributed by atoms with E-state index in [-0.39, 0.29) is 15.0 Å². The van der Waals surface area contributed by atoms with Crippen molar-refractivity contribution in [1.29, 1.82) is 0 Å². The van der Waals surface area contributed by atoms with Crippen LogP contribution in [0.2, 0.25) is 0 Å². The average molecular weight is 326 g/mol. The second-order valence-corrected chi connectivity index (χ2v) is 6.35. The molecule has 1 unspecified atom stereocenters. The fraction of sp³-hybridized carbons (Fsp3) is 0. The van der Waals surface area contributed by atoms with Gasteiger partial charge in [-0.15, -0.1) is 4.99 Å². The van der Waals surface area contributed by atoms with Crippen LogP contribution in [0.25, 0.3) is 0 Å². The van der Waals surface area contributed by atoms with Gasteiger partial charge in [-0.25, -0.2) is 13.6 Å². The zero-order valence-electron chi connectivity index (χ0n) is 10.5. The number of nitrogens with one attached hydrogen (secondary N) is 1. The number of hydrogen-bond donors (Lipinski definition) is 2. The fourth-order valence-corrected chi connectivity index (χ4v) is 2.54. The highest BCUT2D eigenvalue weighted by Gasteiger charge is 2.39. The van der Waals surface area contributed by atoms with Crippen LogP contribution in [-0.4, -0.2) is 30.5 Å². The Morgan fingerprint density at radius 3 is 2.86 bits per heavy atom. The minimum absolute atomic E-state index is 0.00676. The predicted octanol–water partition coefficient (Wildman–Crippen LogP) is 0.955. The van der Waals surface area contributed by atoms with E-state index < -0.39 is 10.0 Å². The van der Waals surface area contributed by atoms with E-state index in [9.17, 15) is 8.42 Å². The molecule has 1 aromatic rings. The van der Waals surface area contributed by atoms with E-state index in [4.69, 9.17) is 16.9 Å². The van der Waals surface area contributed by atoms with Crippen molar-refractivity contribution in [2.75, 3.05) is 5.32 Å². The molecule has 2 aliphatic rings. The van der Waals surface area contributed by atoms with Crippen LogP contribution in [0.1, 0.15) is 0 Å². The number of hydrogen-bond acceptors (Lipinski definition) is 6. The van der Waals surface area contributed by atoms with Gasteiger partial charge in [-0.05, 0) is 27.4 Å². The number of anilines is 1. The molecule has 8 nitrogen and oxygen atoms in total. The summed E-state index contributed by atoms with van der Waals surface area (Å²) in [5.41, 5.74) is 0.480. The zero-order chi connectivity index (χ0) is 15.1. The molecule has 3 N–H and O–H groups in total. The Hall–Kier alpha value is -2.07. The molecule has 0 saturated carbocycles. The van der Waals surface area contributed by atoms with Crippen molar-refractivity contribution in [2.24, 2.45) is 20.2 Å². The second kappa shape index (κ2) is 4.74. The van der Waals surface area contributed by atoms with Crippen LogP contribution in [0.15, 0.2) is 56.6 Å². The van der Waals surface area contributed by atoms with E-state index in [1.54, 1.807) is 18.3 Å². The molecule has 1 aromatic carbocycles. The lowest BCUT2D eigenvalue weighted by Crippen LogP contribution is -2.33. The van der Waals surface area contributed by atoms with Gasteiger partial charge in [0.05, 0.1) is 11.1 Å². The Bertz CT molecular complexity index is 829. The number of benzene rings is 1. The fourth-order valence-electron chi connectivity index (χ4n) is 1.78. The monoisotopic (exact) mass is 325 g/mol. The number of sulfonamides is 1. The molecule has 1 atom stereocenters. The number of amidine groups is 1. The number of nitrogens with two attached hydrogens (primary N) is 1. The Morgan fingerprint density at radius 2 is 2.14 bits per heavy atom. The minimum atomic E-state index is -3.77. The van der Waals surface area contributed by atoms with Crippen LogP contribution in [0.3, 0.4) is 0 Å². The number of aliphatic imine (C=N–C) groups is 2. The number of primary sulfonamides is 1.